The molecule has 3 aromatic carbocycles. The summed E-state index contributed by atoms with van der Waals surface area (Å²) < 4.78 is 33.1. The first-order chi connectivity index (χ1) is 18.4. The SMILES string of the molecule is COC(=O)c1ccc(OC(F)(C(=O)C(Nc2ccccc2C)c2ccc3ncoc3c2)N2CCCC2)cc1. The molecule has 196 valence electrons. The van der Waals surface area contributed by atoms with Gasteiger partial charge in [0.05, 0.1) is 12.7 Å². The summed E-state index contributed by atoms with van der Waals surface area (Å²) >= 11 is 0. The van der Waals surface area contributed by atoms with E-state index in [1.54, 1.807) is 18.2 Å². The van der Waals surface area contributed by atoms with Crippen LogP contribution in [0.1, 0.15) is 40.4 Å². The van der Waals surface area contributed by atoms with Crippen molar-refractivity contribution in [2.45, 2.75) is 31.8 Å². The van der Waals surface area contributed by atoms with Gasteiger partial charge in [0.25, 0.3) is 5.78 Å². The number of methoxy groups -OCH3 is 1. The Morgan fingerprint density at radius 1 is 1.08 bits per heavy atom. The number of ketones is 1. The van der Waals surface area contributed by atoms with Crippen molar-refractivity contribution in [3.63, 3.8) is 0 Å². The monoisotopic (exact) mass is 517 g/mol. The topological polar surface area (TPSA) is 93.9 Å². The van der Waals surface area contributed by atoms with Crippen LogP contribution in [0.2, 0.25) is 0 Å². The number of rotatable bonds is 9. The molecule has 1 aliphatic heterocycles. The quantitative estimate of drug-likeness (QED) is 0.232. The molecule has 1 aliphatic rings. The van der Waals surface area contributed by atoms with Crippen LogP contribution in [-0.4, -0.2) is 47.8 Å². The van der Waals surface area contributed by atoms with Gasteiger partial charge in [0.15, 0.2) is 12.0 Å². The number of aromatic nitrogens is 1. The minimum absolute atomic E-state index is 0.112. The van der Waals surface area contributed by atoms with E-state index in [-0.39, 0.29) is 11.3 Å². The molecule has 2 atom stereocenters. The van der Waals surface area contributed by atoms with Crippen LogP contribution in [0.3, 0.4) is 0 Å². The highest BCUT2D eigenvalue weighted by atomic mass is 19.2. The molecule has 0 aliphatic carbocycles. The third-order valence-electron chi connectivity index (χ3n) is 6.74. The summed E-state index contributed by atoms with van der Waals surface area (Å²) in [6, 6.07) is 17.4. The molecule has 8 nitrogen and oxygen atoms in total. The fraction of sp³-hybridized carbons (Fsp3) is 0.276. The van der Waals surface area contributed by atoms with E-state index < -0.39 is 23.8 Å². The van der Waals surface area contributed by atoms with Crippen LogP contribution < -0.4 is 10.1 Å². The lowest BCUT2D eigenvalue weighted by Crippen LogP contribution is -2.57. The number of nitrogens with zero attached hydrogens (tertiary/aromatic N) is 2. The number of Topliss-reactive ketones (excluding diaryl/α,β-unsaturated/α-hetero) is 1. The third-order valence-corrected chi connectivity index (χ3v) is 6.74. The van der Waals surface area contributed by atoms with E-state index in [2.05, 4.69) is 10.3 Å². The van der Waals surface area contributed by atoms with Crippen molar-refractivity contribution in [1.29, 1.82) is 0 Å². The Morgan fingerprint density at radius 2 is 1.82 bits per heavy atom. The van der Waals surface area contributed by atoms with Gasteiger partial charge in [-0.15, -0.1) is 0 Å². The van der Waals surface area contributed by atoms with E-state index in [0.29, 0.717) is 35.4 Å². The van der Waals surface area contributed by atoms with Crippen molar-refractivity contribution in [3.8, 4) is 5.75 Å². The molecule has 0 bridgehead atoms. The van der Waals surface area contributed by atoms with Crippen molar-refractivity contribution in [1.82, 2.24) is 9.88 Å². The van der Waals surface area contributed by atoms with Crippen LogP contribution in [0.5, 0.6) is 5.75 Å². The maximum absolute atomic E-state index is 17.1. The Morgan fingerprint density at radius 3 is 2.53 bits per heavy atom. The molecule has 1 N–H and O–H groups in total. The molecular weight excluding hydrogens is 489 g/mol. The average molecular weight is 518 g/mol. The van der Waals surface area contributed by atoms with Gasteiger partial charge in [0.2, 0.25) is 0 Å². The van der Waals surface area contributed by atoms with Crippen molar-refractivity contribution < 1.29 is 27.9 Å². The number of oxazole rings is 1. The molecule has 2 heterocycles. The van der Waals surface area contributed by atoms with Gasteiger partial charge in [-0.25, -0.2) is 14.7 Å². The number of anilines is 1. The number of carbonyl (C=O) groups excluding carboxylic acids is 2. The van der Waals surface area contributed by atoms with E-state index in [0.717, 1.165) is 18.4 Å². The molecule has 1 aromatic heterocycles. The molecule has 0 spiro atoms. The molecular formula is C29H28FN3O5. The number of aryl methyl sites for hydroxylation is 1. The summed E-state index contributed by atoms with van der Waals surface area (Å²) in [6.45, 7) is 2.63. The molecule has 2 unspecified atom stereocenters. The molecule has 0 amide bonds. The molecule has 4 aromatic rings. The van der Waals surface area contributed by atoms with Gasteiger partial charge >= 0.3 is 11.9 Å². The Balaban J connectivity index is 1.55. The van der Waals surface area contributed by atoms with Crippen LogP contribution >= 0.6 is 0 Å². The smallest absolute Gasteiger partial charge is 0.373 e. The number of fused-ring (bicyclic) bond motifs is 1. The van der Waals surface area contributed by atoms with Gasteiger partial charge in [-0.3, -0.25) is 4.79 Å². The maximum atomic E-state index is 17.1. The van der Waals surface area contributed by atoms with Crippen LogP contribution in [0.15, 0.2) is 77.5 Å². The summed E-state index contributed by atoms with van der Waals surface area (Å²) in [7, 11) is 1.28. The molecule has 5 rings (SSSR count). The van der Waals surface area contributed by atoms with E-state index in [1.165, 1.54) is 42.7 Å². The second-order valence-corrected chi connectivity index (χ2v) is 9.21. The molecule has 0 radical (unpaired) electrons. The second kappa shape index (κ2) is 10.6. The number of hydrogen-bond acceptors (Lipinski definition) is 8. The van der Waals surface area contributed by atoms with Crippen molar-refractivity contribution in [2.75, 3.05) is 25.5 Å². The number of ether oxygens (including phenoxy) is 2. The van der Waals surface area contributed by atoms with E-state index in [4.69, 9.17) is 13.9 Å². The zero-order valence-corrected chi connectivity index (χ0v) is 21.1. The van der Waals surface area contributed by atoms with Crippen molar-refractivity contribution in [2.24, 2.45) is 0 Å². The first-order valence-corrected chi connectivity index (χ1v) is 12.4. The highest BCUT2D eigenvalue weighted by Crippen LogP contribution is 2.35. The summed E-state index contributed by atoms with van der Waals surface area (Å²) in [6.07, 6.45) is 2.80. The number of nitrogens with one attached hydrogen (secondary N) is 1. The Kier molecular flexibility index (Phi) is 7.11. The standard InChI is InChI=1S/C29H28FN3O5/c1-19-7-3-4-8-23(19)32-26(21-11-14-24-25(17-21)37-18-31-24)27(34)29(30,33-15-5-6-16-33)38-22-12-9-20(10-13-22)28(35)36-2/h3-4,7-14,17-18,26,32H,5-6,15-16H2,1-2H3. The number of para-hydroxylation sites is 1. The summed E-state index contributed by atoms with van der Waals surface area (Å²) in [5.41, 5.74) is 3.50. The highest BCUT2D eigenvalue weighted by molar-refractivity contribution is 5.95. The number of hydrogen-bond donors (Lipinski definition) is 1. The third kappa shape index (κ3) is 4.97. The van der Waals surface area contributed by atoms with E-state index in [9.17, 15) is 9.59 Å². The zero-order chi connectivity index (χ0) is 26.7. The number of benzene rings is 3. The Labute approximate surface area is 219 Å². The molecule has 1 fully saturated rings. The summed E-state index contributed by atoms with van der Waals surface area (Å²) in [5, 5.41) is 3.25. The molecule has 1 saturated heterocycles. The van der Waals surface area contributed by atoms with Gasteiger partial charge < -0.3 is 19.2 Å². The largest absolute Gasteiger partial charge is 0.465 e. The van der Waals surface area contributed by atoms with Gasteiger partial charge in [-0.1, -0.05) is 24.3 Å². The minimum atomic E-state index is -2.78. The van der Waals surface area contributed by atoms with Gasteiger partial charge in [0.1, 0.15) is 17.3 Å². The predicted octanol–water partition coefficient (Wildman–Crippen LogP) is 5.44. The van der Waals surface area contributed by atoms with Crippen molar-refractivity contribution in [3.05, 3.63) is 89.8 Å². The molecule has 38 heavy (non-hydrogen) atoms. The van der Waals surface area contributed by atoms with E-state index in [1.807, 2.05) is 31.2 Å². The van der Waals surface area contributed by atoms with Crippen molar-refractivity contribution >= 4 is 28.5 Å². The molecule has 0 saturated carbocycles. The van der Waals surface area contributed by atoms with Crippen LogP contribution in [0.25, 0.3) is 11.1 Å². The number of likely N-dealkylation sites (tertiary alicyclic amines) is 1. The fourth-order valence-electron chi connectivity index (χ4n) is 4.63. The fourth-order valence-corrected chi connectivity index (χ4v) is 4.63. The summed E-state index contributed by atoms with van der Waals surface area (Å²) in [4.78, 5) is 31.6. The zero-order valence-electron chi connectivity index (χ0n) is 21.1. The maximum Gasteiger partial charge on any atom is 0.373 e. The number of alkyl halides is 1. The normalized spacial score (nSPS) is 16.1. The lowest BCUT2D eigenvalue weighted by atomic mass is 9.98. The van der Waals surface area contributed by atoms with E-state index >= 15 is 4.39 Å². The first kappa shape index (κ1) is 25.4. The van der Waals surface area contributed by atoms with Crippen LogP contribution in [0, 0.1) is 6.92 Å². The van der Waals surface area contributed by atoms with Gasteiger partial charge in [-0.05, 0) is 73.4 Å². The van der Waals surface area contributed by atoms with Gasteiger partial charge in [-0.2, -0.15) is 4.39 Å². The minimum Gasteiger partial charge on any atom is -0.465 e. The van der Waals surface area contributed by atoms with Crippen LogP contribution in [0.4, 0.5) is 10.1 Å². The summed E-state index contributed by atoms with van der Waals surface area (Å²) in [5.74, 6) is -4.00. The Bertz CT molecular complexity index is 1450. The lowest BCUT2D eigenvalue weighted by Gasteiger charge is -2.36. The first-order valence-electron chi connectivity index (χ1n) is 12.4. The second-order valence-electron chi connectivity index (χ2n) is 9.21. The highest BCUT2D eigenvalue weighted by Gasteiger charge is 2.52. The number of esters is 1. The number of carbonyl (C=O) groups is 2. The molecule has 9 heteroatoms. The predicted molar refractivity (Wildman–Crippen MR) is 140 cm³/mol. The number of halogens is 1. The lowest BCUT2D eigenvalue weighted by molar-refractivity contribution is -0.192. The van der Waals surface area contributed by atoms with Gasteiger partial charge in [0, 0.05) is 18.8 Å². The van der Waals surface area contributed by atoms with Crippen LogP contribution in [-0.2, 0) is 9.53 Å². The average Bonchev–Trinajstić information content (AvgIpc) is 3.65. The Hall–Kier alpha value is -4.24.